The largest absolute Gasteiger partial charge is 0.259 e. The molecule has 0 fully saturated rings. The molecule has 27 heavy (non-hydrogen) atoms. The summed E-state index contributed by atoms with van der Waals surface area (Å²) in [7, 11) is 0. The zero-order valence-corrected chi connectivity index (χ0v) is 15.7. The molecule has 0 bridgehead atoms. The van der Waals surface area contributed by atoms with Crippen LogP contribution in [-0.2, 0) is 0 Å². The van der Waals surface area contributed by atoms with E-state index in [-0.39, 0.29) is 0 Å². The third-order valence-corrected chi connectivity index (χ3v) is 5.67. The van der Waals surface area contributed by atoms with E-state index in [0.29, 0.717) is 0 Å². The van der Waals surface area contributed by atoms with E-state index in [9.17, 15) is 0 Å². The van der Waals surface area contributed by atoms with E-state index in [1.165, 1.54) is 11.9 Å². The smallest absolute Gasteiger partial charge is 0.167 e. The maximum atomic E-state index is 5.03. The fraction of sp³-hybridized carbons (Fsp3) is 0.100. The highest BCUT2D eigenvalue weighted by Gasteiger charge is 2.22. The first kappa shape index (κ1) is 15.9. The molecule has 4 heterocycles. The van der Waals surface area contributed by atoms with Crippen molar-refractivity contribution in [1.29, 1.82) is 0 Å². The number of fused-ring (bicyclic) bond motifs is 1. The Morgan fingerprint density at radius 2 is 1.89 bits per heavy atom. The second-order valence-corrected chi connectivity index (χ2v) is 7.34. The first-order chi connectivity index (χ1) is 13.2. The van der Waals surface area contributed by atoms with Gasteiger partial charge in [-0.25, -0.2) is 14.5 Å². The molecule has 0 aliphatic rings. The quantitative estimate of drug-likeness (QED) is 0.505. The molecule has 0 aliphatic heterocycles. The summed E-state index contributed by atoms with van der Waals surface area (Å²) in [5, 5.41) is 12.6. The van der Waals surface area contributed by atoms with Crippen LogP contribution in [0, 0.1) is 13.8 Å². The van der Waals surface area contributed by atoms with Gasteiger partial charge in [0.1, 0.15) is 11.3 Å². The van der Waals surface area contributed by atoms with E-state index in [0.717, 1.165) is 43.7 Å². The normalized spacial score (nSPS) is 11.3. The molecular formula is C20H16N6S. The average molecular weight is 372 g/mol. The van der Waals surface area contributed by atoms with Gasteiger partial charge < -0.3 is 0 Å². The molecule has 1 aromatic carbocycles. The van der Waals surface area contributed by atoms with Crippen LogP contribution in [0.5, 0.6) is 0 Å². The van der Waals surface area contributed by atoms with Gasteiger partial charge in [0, 0.05) is 11.8 Å². The number of nitrogens with one attached hydrogen (secondary N) is 1. The van der Waals surface area contributed by atoms with Crippen molar-refractivity contribution in [3.63, 3.8) is 0 Å². The van der Waals surface area contributed by atoms with Gasteiger partial charge in [-0.05, 0) is 31.5 Å². The lowest BCUT2D eigenvalue weighted by molar-refractivity contribution is 0.934. The molecule has 132 valence electrons. The number of pyridine rings is 1. The third kappa shape index (κ3) is 2.55. The number of benzene rings is 1. The van der Waals surface area contributed by atoms with Crippen molar-refractivity contribution < 1.29 is 0 Å². The standard InChI is InChI=1S/C20H16N6S/c1-12-7-3-4-8-14(12)17-18(19-21-11-22-24-19)27-20(23-17)16-13(2)25-26-10-6-5-9-15(16)26/h3-11H,1-2H3,(H,21,22,24). The van der Waals surface area contributed by atoms with Crippen LogP contribution in [0.15, 0.2) is 55.0 Å². The van der Waals surface area contributed by atoms with Crippen molar-refractivity contribution in [3.05, 3.63) is 66.2 Å². The van der Waals surface area contributed by atoms with E-state index in [1.807, 2.05) is 41.9 Å². The molecule has 0 atom stereocenters. The van der Waals surface area contributed by atoms with Crippen LogP contribution < -0.4 is 0 Å². The first-order valence-electron chi connectivity index (χ1n) is 8.59. The minimum Gasteiger partial charge on any atom is -0.259 e. The van der Waals surface area contributed by atoms with Gasteiger partial charge in [0.2, 0.25) is 0 Å². The zero-order valence-electron chi connectivity index (χ0n) is 14.8. The summed E-state index contributed by atoms with van der Waals surface area (Å²) in [4.78, 5) is 10.4. The molecule has 0 aliphatic carbocycles. The number of aromatic amines is 1. The fourth-order valence-electron chi connectivity index (χ4n) is 3.30. The van der Waals surface area contributed by atoms with Crippen LogP contribution in [0.4, 0.5) is 0 Å². The Morgan fingerprint density at radius 3 is 2.70 bits per heavy atom. The Bertz CT molecular complexity index is 1250. The predicted molar refractivity (Wildman–Crippen MR) is 107 cm³/mol. The number of nitrogens with zero attached hydrogens (tertiary/aromatic N) is 5. The molecule has 5 aromatic rings. The Kier molecular flexibility index (Phi) is 3.61. The Labute approximate surface area is 159 Å². The molecule has 7 heteroatoms. The minimum absolute atomic E-state index is 0.728. The van der Waals surface area contributed by atoms with E-state index in [1.54, 1.807) is 11.3 Å². The molecule has 1 N–H and O–H groups in total. The van der Waals surface area contributed by atoms with Crippen molar-refractivity contribution in [2.45, 2.75) is 13.8 Å². The highest BCUT2D eigenvalue weighted by Crippen LogP contribution is 2.41. The van der Waals surface area contributed by atoms with Gasteiger partial charge in [-0.15, -0.1) is 11.3 Å². The molecule has 6 nitrogen and oxygen atoms in total. The summed E-state index contributed by atoms with van der Waals surface area (Å²) < 4.78 is 1.90. The summed E-state index contributed by atoms with van der Waals surface area (Å²) in [6.45, 7) is 4.12. The first-order valence-corrected chi connectivity index (χ1v) is 9.41. The molecule has 0 unspecified atom stereocenters. The number of aromatic nitrogens is 6. The highest BCUT2D eigenvalue weighted by atomic mass is 32.1. The van der Waals surface area contributed by atoms with Crippen LogP contribution in [0.2, 0.25) is 0 Å². The van der Waals surface area contributed by atoms with E-state index >= 15 is 0 Å². The Morgan fingerprint density at radius 1 is 1.04 bits per heavy atom. The van der Waals surface area contributed by atoms with Gasteiger partial charge in [-0.2, -0.15) is 10.2 Å². The minimum atomic E-state index is 0.728. The van der Waals surface area contributed by atoms with Crippen molar-refractivity contribution in [2.24, 2.45) is 0 Å². The van der Waals surface area contributed by atoms with Crippen molar-refractivity contribution in [1.82, 2.24) is 29.8 Å². The van der Waals surface area contributed by atoms with Crippen molar-refractivity contribution in [3.8, 4) is 32.5 Å². The zero-order chi connectivity index (χ0) is 18.4. The Balaban J connectivity index is 1.79. The van der Waals surface area contributed by atoms with E-state index in [4.69, 9.17) is 4.98 Å². The van der Waals surface area contributed by atoms with Gasteiger partial charge in [-0.3, -0.25) is 5.10 Å². The molecular weight excluding hydrogens is 356 g/mol. The van der Waals surface area contributed by atoms with E-state index < -0.39 is 0 Å². The Hall–Kier alpha value is -3.32. The van der Waals surface area contributed by atoms with Gasteiger partial charge in [-0.1, -0.05) is 30.3 Å². The molecule has 0 amide bonds. The monoisotopic (exact) mass is 372 g/mol. The number of thiazole rings is 1. The number of hydrogen-bond donors (Lipinski definition) is 1. The molecule has 4 aromatic heterocycles. The molecule has 0 saturated heterocycles. The fourth-order valence-corrected chi connectivity index (χ4v) is 4.44. The van der Waals surface area contributed by atoms with E-state index in [2.05, 4.69) is 45.4 Å². The summed E-state index contributed by atoms with van der Waals surface area (Å²) in [5.74, 6) is 0.728. The predicted octanol–water partition coefficient (Wildman–Crippen LogP) is 4.53. The summed E-state index contributed by atoms with van der Waals surface area (Å²) in [6.07, 6.45) is 3.48. The van der Waals surface area contributed by atoms with Gasteiger partial charge in [0.25, 0.3) is 0 Å². The average Bonchev–Trinajstić information content (AvgIpc) is 3.39. The maximum Gasteiger partial charge on any atom is 0.167 e. The second kappa shape index (κ2) is 6.14. The molecule has 0 saturated carbocycles. The summed E-state index contributed by atoms with van der Waals surface area (Å²) in [6, 6.07) is 14.3. The molecule has 0 radical (unpaired) electrons. The van der Waals surface area contributed by atoms with Crippen LogP contribution in [0.1, 0.15) is 11.3 Å². The molecule has 0 spiro atoms. The summed E-state index contributed by atoms with van der Waals surface area (Å²) >= 11 is 1.61. The van der Waals surface area contributed by atoms with Crippen LogP contribution in [-0.4, -0.2) is 29.8 Å². The molecule has 5 rings (SSSR count). The van der Waals surface area contributed by atoms with Crippen LogP contribution in [0.25, 0.3) is 38.0 Å². The number of aryl methyl sites for hydroxylation is 2. The SMILES string of the molecule is Cc1ccccc1-c1nc(-c2c(C)nn3ccccc23)sc1-c1ncn[nH]1. The summed E-state index contributed by atoms with van der Waals surface area (Å²) in [5.41, 5.74) is 6.24. The van der Waals surface area contributed by atoms with Crippen molar-refractivity contribution in [2.75, 3.05) is 0 Å². The van der Waals surface area contributed by atoms with Crippen molar-refractivity contribution >= 4 is 16.9 Å². The van der Waals surface area contributed by atoms with Gasteiger partial charge in [0.05, 0.1) is 27.3 Å². The van der Waals surface area contributed by atoms with Crippen LogP contribution in [0.3, 0.4) is 0 Å². The highest BCUT2D eigenvalue weighted by molar-refractivity contribution is 7.19. The number of hydrogen-bond acceptors (Lipinski definition) is 5. The lowest BCUT2D eigenvalue weighted by atomic mass is 10.0. The van der Waals surface area contributed by atoms with Crippen LogP contribution >= 0.6 is 11.3 Å². The lowest BCUT2D eigenvalue weighted by Crippen LogP contribution is -1.87. The third-order valence-electron chi connectivity index (χ3n) is 4.59. The maximum absolute atomic E-state index is 5.03. The number of H-pyrrole nitrogens is 1. The van der Waals surface area contributed by atoms with Gasteiger partial charge >= 0.3 is 0 Å². The topological polar surface area (TPSA) is 71.8 Å². The number of rotatable bonds is 3. The lowest BCUT2D eigenvalue weighted by Gasteiger charge is -2.03. The second-order valence-electron chi connectivity index (χ2n) is 6.34. The van der Waals surface area contributed by atoms with Gasteiger partial charge in [0.15, 0.2) is 5.82 Å².